The zero-order valence-corrected chi connectivity index (χ0v) is 10.1. The molecule has 0 heterocycles. The van der Waals surface area contributed by atoms with Gasteiger partial charge in [0.1, 0.15) is 0 Å². The van der Waals surface area contributed by atoms with E-state index in [1.807, 2.05) is 0 Å². The lowest BCUT2D eigenvalue weighted by Crippen LogP contribution is -2.42. The summed E-state index contributed by atoms with van der Waals surface area (Å²) in [5, 5.41) is 6.50. The Hall–Kier alpha value is -0.570. The quantitative estimate of drug-likeness (QED) is 0.766. The van der Waals surface area contributed by atoms with Gasteiger partial charge in [-0.15, -0.1) is 0 Å². The number of hydrogen-bond donors (Lipinski definition) is 2. The average Bonchev–Trinajstić information content (AvgIpc) is 2.81. The fourth-order valence-corrected chi connectivity index (χ4v) is 2.89. The highest BCUT2D eigenvalue weighted by atomic mass is 16.1. The first kappa shape index (κ1) is 11.9. The van der Waals surface area contributed by atoms with Gasteiger partial charge in [0.25, 0.3) is 0 Å². The molecule has 0 spiro atoms. The molecule has 0 aromatic rings. The van der Waals surface area contributed by atoms with Crippen molar-refractivity contribution in [3.05, 3.63) is 0 Å². The van der Waals surface area contributed by atoms with E-state index in [2.05, 4.69) is 10.6 Å². The van der Waals surface area contributed by atoms with E-state index in [0.29, 0.717) is 18.6 Å². The molecule has 3 nitrogen and oxygen atoms in total. The van der Waals surface area contributed by atoms with Gasteiger partial charge in [-0.1, -0.05) is 32.1 Å². The zero-order valence-electron chi connectivity index (χ0n) is 10.1. The van der Waals surface area contributed by atoms with Crippen molar-refractivity contribution < 1.29 is 4.79 Å². The molecule has 3 heteroatoms. The summed E-state index contributed by atoms with van der Waals surface area (Å²) in [6, 6.07) is 1.05. The minimum absolute atomic E-state index is 0.192. The van der Waals surface area contributed by atoms with Gasteiger partial charge >= 0.3 is 0 Å². The summed E-state index contributed by atoms with van der Waals surface area (Å²) in [4.78, 5) is 11.7. The third-order valence-electron chi connectivity index (χ3n) is 3.88. The van der Waals surface area contributed by atoms with Crippen molar-refractivity contribution >= 4 is 5.91 Å². The third kappa shape index (κ3) is 3.78. The maximum Gasteiger partial charge on any atom is 0.234 e. The summed E-state index contributed by atoms with van der Waals surface area (Å²) in [5.41, 5.74) is 0. The molecule has 1 amide bonds. The first-order chi connectivity index (χ1) is 7.84. The molecule has 0 aliphatic heterocycles. The summed E-state index contributed by atoms with van der Waals surface area (Å²) in [6.07, 6.45) is 11.4. The molecule has 0 radical (unpaired) electrons. The van der Waals surface area contributed by atoms with E-state index < -0.39 is 0 Å². The Kier molecular flexibility index (Phi) is 4.64. The van der Waals surface area contributed by atoms with Gasteiger partial charge in [-0.25, -0.2) is 0 Å². The van der Waals surface area contributed by atoms with Crippen molar-refractivity contribution in [3.63, 3.8) is 0 Å². The molecule has 0 saturated heterocycles. The van der Waals surface area contributed by atoms with Crippen LogP contribution in [0.25, 0.3) is 0 Å². The van der Waals surface area contributed by atoms with Crippen molar-refractivity contribution in [2.24, 2.45) is 0 Å². The Balaban J connectivity index is 1.59. The van der Waals surface area contributed by atoms with Crippen LogP contribution in [0, 0.1) is 0 Å². The Morgan fingerprint density at radius 1 is 0.875 bits per heavy atom. The molecular weight excluding hydrogens is 200 g/mol. The number of amides is 1. The minimum atomic E-state index is 0.192. The second-order valence-electron chi connectivity index (χ2n) is 5.26. The van der Waals surface area contributed by atoms with Crippen LogP contribution in [0.2, 0.25) is 0 Å². The first-order valence-corrected chi connectivity index (χ1v) is 6.87. The Morgan fingerprint density at radius 2 is 1.44 bits per heavy atom. The molecule has 0 aromatic heterocycles. The molecule has 2 aliphatic carbocycles. The number of nitrogens with one attached hydrogen (secondary N) is 2. The standard InChI is InChI=1S/C13H24N2O/c16-13(15-12-8-4-5-9-12)10-14-11-6-2-1-3-7-11/h11-12,14H,1-10H2,(H,15,16). The van der Waals surface area contributed by atoms with Crippen LogP contribution in [0.1, 0.15) is 57.8 Å². The predicted octanol–water partition coefficient (Wildman–Crippen LogP) is 1.97. The fraction of sp³-hybridized carbons (Fsp3) is 0.923. The Bertz CT molecular complexity index is 218. The molecule has 0 aromatic carbocycles. The lowest BCUT2D eigenvalue weighted by Gasteiger charge is -2.23. The van der Waals surface area contributed by atoms with Gasteiger partial charge in [0.05, 0.1) is 6.54 Å². The normalized spacial score (nSPS) is 23.5. The topological polar surface area (TPSA) is 41.1 Å². The van der Waals surface area contributed by atoms with E-state index >= 15 is 0 Å². The molecule has 92 valence electrons. The predicted molar refractivity (Wildman–Crippen MR) is 65.3 cm³/mol. The minimum Gasteiger partial charge on any atom is -0.352 e. The molecule has 2 N–H and O–H groups in total. The second kappa shape index (κ2) is 6.24. The van der Waals surface area contributed by atoms with Gasteiger partial charge < -0.3 is 10.6 Å². The van der Waals surface area contributed by atoms with Gasteiger partial charge in [0, 0.05) is 12.1 Å². The summed E-state index contributed by atoms with van der Waals surface area (Å²) in [7, 11) is 0. The summed E-state index contributed by atoms with van der Waals surface area (Å²) >= 11 is 0. The van der Waals surface area contributed by atoms with Crippen molar-refractivity contribution in [2.45, 2.75) is 69.9 Å². The fourth-order valence-electron chi connectivity index (χ4n) is 2.89. The van der Waals surface area contributed by atoms with E-state index in [-0.39, 0.29) is 5.91 Å². The molecule has 2 rings (SSSR count). The Labute approximate surface area is 98.4 Å². The summed E-state index contributed by atoms with van der Waals surface area (Å²) in [6.45, 7) is 0.515. The van der Waals surface area contributed by atoms with E-state index in [9.17, 15) is 4.79 Å². The number of rotatable bonds is 4. The van der Waals surface area contributed by atoms with E-state index in [1.165, 1.54) is 57.8 Å². The van der Waals surface area contributed by atoms with Crippen molar-refractivity contribution in [1.29, 1.82) is 0 Å². The summed E-state index contributed by atoms with van der Waals surface area (Å²) in [5.74, 6) is 0.192. The molecular formula is C13H24N2O. The molecule has 16 heavy (non-hydrogen) atoms. The summed E-state index contributed by atoms with van der Waals surface area (Å²) < 4.78 is 0. The maximum atomic E-state index is 11.7. The highest BCUT2D eigenvalue weighted by molar-refractivity contribution is 5.78. The molecule has 2 fully saturated rings. The van der Waals surface area contributed by atoms with E-state index in [1.54, 1.807) is 0 Å². The number of carbonyl (C=O) groups is 1. The number of hydrogen-bond acceptors (Lipinski definition) is 2. The lowest BCUT2D eigenvalue weighted by molar-refractivity contribution is -0.121. The van der Waals surface area contributed by atoms with Crippen molar-refractivity contribution in [3.8, 4) is 0 Å². The van der Waals surface area contributed by atoms with Gasteiger partial charge in [0.2, 0.25) is 5.91 Å². The molecule has 2 aliphatic rings. The largest absolute Gasteiger partial charge is 0.352 e. The lowest BCUT2D eigenvalue weighted by atomic mass is 9.95. The SMILES string of the molecule is O=C(CNC1CCCCC1)NC1CCCC1. The van der Waals surface area contributed by atoms with Gasteiger partial charge in [-0.2, -0.15) is 0 Å². The van der Waals surface area contributed by atoms with Crippen LogP contribution in [0.3, 0.4) is 0 Å². The van der Waals surface area contributed by atoms with Crippen molar-refractivity contribution in [1.82, 2.24) is 10.6 Å². The smallest absolute Gasteiger partial charge is 0.234 e. The molecule has 0 atom stereocenters. The van der Waals surface area contributed by atoms with Crippen LogP contribution >= 0.6 is 0 Å². The van der Waals surface area contributed by atoms with Gasteiger partial charge in [-0.05, 0) is 25.7 Å². The van der Waals surface area contributed by atoms with Gasteiger partial charge in [-0.3, -0.25) is 4.79 Å². The monoisotopic (exact) mass is 224 g/mol. The highest BCUT2D eigenvalue weighted by Crippen LogP contribution is 2.18. The zero-order chi connectivity index (χ0) is 11.2. The molecule has 0 unspecified atom stereocenters. The van der Waals surface area contributed by atoms with Crippen LogP contribution in [0.15, 0.2) is 0 Å². The first-order valence-electron chi connectivity index (χ1n) is 6.87. The van der Waals surface area contributed by atoms with Crippen molar-refractivity contribution in [2.75, 3.05) is 6.54 Å². The Morgan fingerprint density at radius 3 is 2.12 bits per heavy atom. The van der Waals surface area contributed by atoms with E-state index in [0.717, 1.165) is 0 Å². The highest BCUT2D eigenvalue weighted by Gasteiger charge is 2.18. The van der Waals surface area contributed by atoms with Crippen LogP contribution in [0.4, 0.5) is 0 Å². The van der Waals surface area contributed by atoms with E-state index in [4.69, 9.17) is 0 Å². The second-order valence-corrected chi connectivity index (χ2v) is 5.26. The van der Waals surface area contributed by atoms with Crippen LogP contribution in [-0.4, -0.2) is 24.5 Å². The van der Waals surface area contributed by atoms with Crippen LogP contribution in [-0.2, 0) is 4.79 Å². The van der Waals surface area contributed by atoms with Crippen LogP contribution in [0.5, 0.6) is 0 Å². The van der Waals surface area contributed by atoms with Crippen LogP contribution < -0.4 is 10.6 Å². The number of carbonyl (C=O) groups excluding carboxylic acids is 1. The molecule has 0 bridgehead atoms. The third-order valence-corrected chi connectivity index (χ3v) is 3.88. The molecule has 2 saturated carbocycles. The van der Waals surface area contributed by atoms with Gasteiger partial charge in [0.15, 0.2) is 0 Å². The average molecular weight is 224 g/mol. The maximum absolute atomic E-state index is 11.7.